The Morgan fingerprint density at radius 1 is 1.33 bits per heavy atom. The molecule has 0 aliphatic rings. The van der Waals surface area contributed by atoms with Gasteiger partial charge in [0.1, 0.15) is 5.82 Å². The molecule has 0 radical (unpaired) electrons. The van der Waals surface area contributed by atoms with Crippen LogP contribution in [-0.4, -0.2) is 24.1 Å². The molecule has 0 saturated carbocycles. The molecule has 0 fully saturated rings. The molecule has 0 saturated heterocycles. The lowest BCUT2D eigenvalue weighted by Crippen LogP contribution is -2.35. The van der Waals surface area contributed by atoms with Crippen LogP contribution in [0.1, 0.15) is 39.7 Å². The lowest BCUT2D eigenvalue weighted by molar-refractivity contribution is 0.501. The van der Waals surface area contributed by atoms with Crippen molar-refractivity contribution in [1.82, 2.24) is 4.98 Å². The summed E-state index contributed by atoms with van der Waals surface area (Å²) in [5.41, 5.74) is 7.32. The zero-order valence-electron chi connectivity index (χ0n) is 12.4. The summed E-state index contributed by atoms with van der Waals surface area (Å²) in [6, 6.07) is 4.82. The highest BCUT2D eigenvalue weighted by Gasteiger charge is 2.18. The number of hydrogen-bond acceptors (Lipinski definition) is 3. The summed E-state index contributed by atoms with van der Waals surface area (Å²) in [4.78, 5) is 6.81. The minimum atomic E-state index is 0.218. The Balaban J connectivity index is 2.94. The van der Waals surface area contributed by atoms with E-state index >= 15 is 0 Å². The van der Waals surface area contributed by atoms with Gasteiger partial charge in [-0.15, -0.1) is 0 Å². The van der Waals surface area contributed by atoms with Crippen LogP contribution in [-0.2, 0) is 6.42 Å². The Hall–Kier alpha value is -1.09. The molecule has 0 spiro atoms. The highest BCUT2D eigenvalue weighted by molar-refractivity contribution is 5.47. The molecular weight excluding hydrogens is 222 g/mol. The zero-order valence-corrected chi connectivity index (χ0v) is 12.4. The Labute approximate surface area is 111 Å². The van der Waals surface area contributed by atoms with Crippen LogP contribution in [0.3, 0.4) is 0 Å². The molecule has 0 aliphatic carbocycles. The van der Waals surface area contributed by atoms with Crippen molar-refractivity contribution < 1.29 is 0 Å². The van der Waals surface area contributed by atoms with Crippen LogP contribution >= 0.6 is 0 Å². The van der Waals surface area contributed by atoms with Gasteiger partial charge in [-0.3, -0.25) is 0 Å². The molecule has 0 aliphatic heterocycles. The molecule has 3 nitrogen and oxygen atoms in total. The van der Waals surface area contributed by atoms with Gasteiger partial charge in [-0.1, -0.05) is 26.8 Å². The molecule has 0 amide bonds. The Kier molecular flexibility index (Phi) is 5.60. The molecule has 0 bridgehead atoms. The van der Waals surface area contributed by atoms with Crippen LogP contribution in [0, 0.1) is 5.92 Å². The second-order valence-corrected chi connectivity index (χ2v) is 5.45. The highest BCUT2D eigenvalue weighted by atomic mass is 15.2. The van der Waals surface area contributed by atoms with Gasteiger partial charge in [0.15, 0.2) is 0 Å². The summed E-state index contributed by atoms with van der Waals surface area (Å²) in [5, 5.41) is 0. The van der Waals surface area contributed by atoms with Gasteiger partial charge in [0.05, 0.1) is 0 Å². The first-order valence-corrected chi connectivity index (χ1v) is 6.89. The maximum Gasteiger partial charge on any atom is 0.131 e. The standard InChI is InChI=1S/C15H27N3/c1-6-14(16)10-13-8-7-9-17-15(13)18(5)12(4)11(2)3/h7-9,11-12,14H,6,10,16H2,1-5H3. The van der Waals surface area contributed by atoms with Gasteiger partial charge in [0, 0.05) is 25.3 Å². The third-order valence-corrected chi connectivity index (χ3v) is 3.78. The molecule has 0 aromatic carbocycles. The highest BCUT2D eigenvalue weighted by Crippen LogP contribution is 2.22. The Morgan fingerprint density at radius 3 is 2.56 bits per heavy atom. The third kappa shape index (κ3) is 3.70. The number of aromatic nitrogens is 1. The van der Waals surface area contributed by atoms with Gasteiger partial charge < -0.3 is 10.6 Å². The van der Waals surface area contributed by atoms with Gasteiger partial charge in [0.2, 0.25) is 0 Å². The van der Waals surface area contributed by atoms with E-state index in [-0.39, 0.29) is 6.04 Å². The van der Waals surface area contributed by atoms with E-state index in [0.717, 1.165) is 18.7 Å². The second kappa shape index (κ2) is 6.74. The normalized spacial score (nSPS) is 14.6. The number of hydrogen-bond donors (Lipinski definition) is 1. The van der Waals surface area contributed by atoms with Gasteiger partial charge in [-0.2, -0.15) is 0 Å². The lowest BCUT2D eigenvalue weighted by Gasteiger charge is -2.30. The molecule has 2 atom stereocenters. The molecule has 2 unspecified atom stereocenters. The van der Waals surface area contributed by atoms with Crippen LogP contribution in [0.5, 0.6) is 0 Å². The summed E-state index contributed by atoms with van der Waals surface area (Å²) in [6.07, 6.45) is 3.76. The summed E-state index contributed by atoms with van der Waals surface area (Å²) in [7, 11) is 2.12. The van der Waals surface area contributed by atoms with Crippen LogP contribution in [0.15, 0.2) is 18.3 Å². The van der Waals surface area contributed by atoms with E-state index in [9.17, 15) is 0 Å². The van der Waals surface area contributed by atoms with Crippen LogP contribution in [0.2, 0.25) is 0 Å². The van der Waals surface area contributed by atoms with E-state index in [0.29, 0.717) is 12.0 Å². The summed E-state index contributed by atoms with van der Waals surface area (Å²) >= 11 is 0. The first-order valence-electron chi connectivity index (χ1n) is 6.89. The van der Waals surface area contributed by atoms with Crippen molar-refractivity contribution in [1.29, 1.82) is 0 Å². The van der Waals surface area contributed by atoms with E-state index < -0.39 is 0 Å². The van der Waals surface area contributed by atoms with E-state index in [1.54, 1.807) is 0 Å². The van der Waals surface area contributed by atoms with Crippen LogP contribution in [0.25, 0.3) is 0 Å². The number of anilines is 1. The van der Waals surface area contributed by atoms with Crippen molar-refractivity contribution in [3.8, 4) is 0 Å². The average Bonchev–Trinajstić information content (AvgIpc) is 2.37. The third-order valence-electron chi connectivity index (χ3n) is 3.78. The van der Waals surface area contributed by atoms with Gasteiger partial charge in [-0.25, -0.2) is 4.98 Å². The quantitative estimate of drug-likeness (QED) is 0.843. The molecular formula is C15H27N3. The lowest BCUT2D eigenvalue weighted by atomic mass is 10.0. The SMILES string of the molecule is CCC(N)Cc1cccnc1N(C)C(C)C(C)C. The molecule has 1 aromatic heterocycles. The van der Waals surface area contributed by atoms with Crippen molar-refractivity contribution in [2.45, 2.75) is 52.6 Å². The van der Waals surface area contributed by atoms with E-state index in [1.807, 2.05) is 12.3 Å². The predicted molar refractivity (Wildman–Crippen MR) is 78.9 cm³/mol. The van der Waals surface area contributed by atoms with Crippen molar-refractivity contribution in [3.05, 3.63) is 23.9 Å². The fourth-order valence-electron chi connectivity index (χ4n) is 1.97. The van der Waals surface area contributed by atoms with Crippen molar-refractivity contribution in [2.24, 2.45) is 11.7 Å². The van der Waals surface area contributed by atoms with Gasteiger partial charge in [-0.05, 0) is 37.3 Å². The fourth-order valence-corrected chi connectivity index (χ4v) is 1.97. The molecule has 18 heavy (non-hydrogen) atoms. The first kappa shape index (κ1) is 15.0. The minimum Gasteiger partial charge on any atom is -0.356 e. The van der Waals surface area contributed by atoms with Gasteiger partial charge >= 0.3 is 0 Å². The maximum atomic E-state index is 6.06. The molecule has 2 N–H and O–H groups in total. The Bertz CT molecular complexity index is 363. The average molecular weight is 249 g/mol. The number of pyridine rings is 1. The molecule has 3 heteroatoms. The van der Waals surface area contributed by atoms with Crippen molar-refractivity contribution >= 4 is 5.82 Å². The predicted octanol–water partition coefficient (Wildman–Crippen LogP) is 2.84. The molecule has 1 aromatic rings. The number of nitrogens with two attached hydrogens (primary N) is 1. The van der Waals surface area contributed by atoms with E-state index in [2.05, 4.69) is 50.7 Å². The van der Waals surface area contributed by atoms with E-state index in [1.165, 1.54) is 5.56 Å². The molecule has 1 heterocycles. The number of nitrogens with zero attached hydrogens (tertiary/aromatic N) is 2. The van der Waals surface area contributed by atoms with Crippen molar-refractivity contribution in [2.75, 3.05) is 11.9 Å². The monoisotopic (exact) mass is 249 g/mol. The van der Waals surface area contributed by atoms with Crippen LogP contribution < -0.4 is 10.6 Å². The summed E-state index contributed by atoms with van der Waals surface area (Å²) in [6.45, 7) is 8.84. The summed E-state index contributed by atoms with van der Waals surface area (Å²) in [5.74, 6) is 1.67. The molecule has 1 rings (SSSR count). The van der Waals surface area contributed by atoms with Gasteiger partial charge in [0.25, 0.3) is 0 Å². The van der Waals surface area contributed by atoms with E-state index in [4.69, 9.17) is 5.73 Å². The second-order valence-electron chi connectivity index (χ2n) is 5.45. The fraction of sp³-hybridized carbons (Fsp3) is 0.667. The van der Waals surface area contributed by atoms with Crippen molar-refractivity contribution in [3.63, 3.8) is 0 Å². The smallest absolute Gasteiger partial charge is 0.131 e. The summed E-state index contributed by atoms with van der Waals surface area (Å²) < 4.78 is 0. The first-order chi connectivity index (χ1) is 8.47. The zero-order chi connectivity index (χ0) is 13.7. The topological polar surface area (TPSA) is 42.1 Å². The molecule has 102 valence electrons. The van der Waals surface area contributed by atoms with Crippen LogP contribution in [0.4, 0.5) is 5.82 Å². The maximum absolute atomic E-state index is 6.06. The largest absolute Gasteiger partial charge is 0.356 e. The number of rotatable bonds is 6. The minimum absolute atomic E-state index is 0.218. The Morgan fingerprint density at radius 2 is 2.00 bits per heavy atom.